The Kier molecular flexibility index (Phi) is 10.8. The van der Waals surface area contributed by atoms with Crippen molar-refractivity contribution in [3.05, 3.63) is 59.2 Å². The van der Waals surface area contributed by atoms with Gasteiger partial charge in [-0.05, 0) is 55.3 Å². The first kappa shape index (κ1) is 29.6. The summed E-state index contributed by atoms with van der Waals surface area (Å²) in [5, 5.41) is 10.5. The minimum absolute atomic E-state index is 0.0245. The van der Waals surface area contributed by atoms with E-state index in [1.54, 1.807) is 7.05 Å². The standard InChI is InChI=1S/C23H27F6N3O3S/c1-32(13-17(30)14-33)31-21(36)15-4-9-20(19(12-15)23(27,28)29)35-11-3-2-10-34-18-7-5-16(6-8-18)22(24,25)26/h4-9,12,17,33H,2-3,10-11,13-14,30H2,1H3,(H,31,36). The zero-order valence-electron chi connectivity index (χ0n) is 19.3. The molecule has 1 unspecified atom stereocenters. The Morgan fingerprint density at radius 2 is 1.61 bits per heavy atom. The van der Waals surface area contributed by atoms with Crippen LogP contribution < -0.4 is 20.6 Å². The number of ether oxygens (including phenoxy) is 2. The van der Waals surface area contributed by atoms with Gasteiger partial charge in [0.2, 0.25) is 0 Å². The van der Waals surface area contributed by atoms with Gasteiger partial charge >= 0.3 is 12.4 Å². The molecule has 0 heterocycles. The van der Waals surface area contributed by atoms with E-state index in [2.05, 4.69) is 5.43 Å². The summed E-state index contributed by atoms with van der Waals surface area (Å²) < 4.78 is 89.2. The van der Waals surface area contributed by atoms with Crippen molar-refractivity contribution in [1.82, 2.24) is 10.4 Å². The van der Waals surface area contributed by atoms with E-state index >= 15 is 0 Å². The molecule has 0 aliphatic heterocycles. The number of benzene rings is 2. The number of aliphatic hydroxyl groups excluding tert-OH is 1. The van der Waals surface area contributed by atoms with Crippen molar-refractivity contribution in [3.63, 3.8) is 0 Å². The third kappa shape index (κ3) is 9.45. The van der Waals surface area contributed by atoms with E-state index in [4.69, 9.17) is 32.5 Å². The molecule has 4 N–H and O–H groups in total. The molecule has 6 nitrogen and oxygen atoms in total. The highest BCUT2D eigenvalue weighted by atomic mass is 32.1. The fraction of sp³-hybridized carbons (Fsp3) is 0.435. The molecule has 0 fully saturated rings. The van der Waals surface area contributed by atoms with E-state index < -0.39 is 29.5 Å². The Morgan fingerprint density at radius 3 is 2.17 bits per heavy atom. The van der Waals surface area contributed by atoms with Crippen LogP contribution in [-0.2, 0) is 12.4 Å². The molecule has 0 aliphatic rings. The third-order valence-corrected chi connectivity index (χ3v) is 5.16. The van der Waals surface area contributed by atoms with Gasteiger partial charge in [0.05, 0.1) is 30.9 Å². The van der Waals surface area contributed by atoms with Gasteiger partial charge in [0.1, 0.15) is 16.5 Å². The number of rotatable bonds is 12. The number of nitrogens with two attached hydrogens (primary N) is 1. The van der Waals surface area contributed by atoms with Crippen LogP contribution >= 0.6 is 12.2 Å². The summed E-state index contributed by atoms with van der Waals surface area (Å²) in [7, 11) is 1.59. The number of hydrogen-bond donors (Lipinski definition) is 3. The molecule has 0 radical (unpaired) electrons. The summed E-state index contributed by atoms with van der Waals surface area (Å²) in [6, 6.07) is 7.14. The van der Waals surface area contributed by atoms with E-state index in [0.717, 1.165) is 18.2 Å². The van der Waals surface area contributed by atoms with Gasteiger partial charge in [0.15, 0.2) is 0 Å². The summed E-state index contributed by atoms with van der Waals surface area (Å²) in [6.45, 7) is 0.0905. The first-order valence-corrected chi connectivity index (χ1v) is 11.2. The summed E-state index contributed by atoms with van der Waals surface area (Å²) in [5.41, 5.74) is 6.73. The molecule has 0 saturated carbocycles. The van der Waals surface area contributed by atoms with Gasteiger partial charge in [-0.3, -0.25) is 0 Å². The summed E-state index contributed by atoms with van der Waals surface area (Å²) in [5.74, 6) is -0.0965. The Morgan fingerprint density at radius 1 is 1.00 bits per heavy atom. The zero-order chi connectivity index (χ0) is 26.9. The lowest BCUT2D eigenvalue weighted by Crippen LogP contribution is -2.46. The molecule has 200 valence electrons. The smallest absolute Gasteiger partial charge is 0.419 e. The molecule has 0 spiro atoms. The Balaban J connectivity index is 1.88. The number of hydrogen-bond acceptors (Lipinski definition) is 6. The van der Waals surface area contributed by atoms with E-state index in [-0.39, 0.29) is 48.4 Å². The second-order valence-electron chi connectivity index (χ2n) is 7.90. The highest BCUT2D eigenvalue weighted by Gasteiger charge is 2.35. The number of hydrazine groups is 1. The van der Waals surface area contributed by atoms with Crippen molar-refractivity contribution in [3.8, 4) is 11.5 Å². The largest absolute Gasteiger partial charge is 0.494 e. The lowest BCUT2D eigenvalue weighted by Gasteiger charge is -2.23. The van der Waals surface area contributed by atoms with Crippen LogP contribution in [0.25, 0.3) is 0 Å². The van der Waals surface area contributed by atoms with Gasteiger partial charge in [-0.2, -0.15) is 26.3 Å². The van der Waals surface area contributed by atoms with Crippen molar-refractivity contribution < 1.29 is 40.9 Å². The molecule has 13 heteroatoms. The number of thiocarbonyl (C=S) groups is 1. The fourth-order valence-electron chi connectivity index (χ4n) is 3.03. The number of unbranched alkanes of at least 4 members (excludes halogenated alkanes) is 1. The Labute approximate surface area is 209 Å². The number of nitrogens with one attached hydrogen (secondary N) is 1. The Bertz CT molecular complexity index is 987. The normalized spacial score (nSPS) is 12.9. The fourth-order valence-corrected chi connectivity index (χ4v) is 3.31. The van der Waals surface area contributed by atoms with Crippen LogP contribution in [0, 0.1) is 0 Å². The summed E-state index contributed by atoms with van der Waals surface area (Å²) >= 11 is 5.18. The molecule has 36 heavy (non-hydrogen) atoms. The van der Waals surface area contributed by atoms with Crippen LogP contribution in [0.15, 0.2) is 42.5 Å². The maximum atomic E-state index is 13.6. The predicted molar refractivity (Wildman–Crippen MR) is 126 cm³/mol. The number of aliphatic hydroxyl groups is 1. The number of likely N-dealkylation sites (N-methyl/N-ethyl adjacent to an activating group) is 1. The van der Waals surface area contributed by atoms with Crippen LogP contribution in [0.2, 0.25) is 0 Å². The van der Waals surface area contributed by atoms with Crippen molar-refractivity contribution in [2.75, 3.05) is 33.4 Å². The molecule has 1 atom stereocenters. The SMILES string of the molecule is CN(CC(N)CO)NC(=S)c1ccc(OCCCCOc2ccc(C(F)(F)F)cc2)c(C(F)(F)F)c1. The minimum Gasteiger partial charge on any atom is -0.494 e. The van der Waals surface area contributed by atoms with E-state index in [9.17, 15) is 26.3 Å². The van der Waals surface area contributed by atoms with Crippen molar-refractivity contribution in [2.24, 2.45) is 5.73 Å². The first-order valence-electron chi connectivity index (χ1n) is 10.8. The highest BCUT2D eigenvalue weighted by Crippen LogP contribution is 2.37. The van der Waals surface area contributed by atoms with Crippen LogP contribution in [-0.4, -0.2) is 54.6 Å². The van der Waals surface area contributed by atoms with Gasteiger partial charge < -0.3 is 25.7 Å². The van der Waals surface area contributed by atoms with E-state index in [1.165, 1.54) is 29.3 Å². The lowest BCUT2D eigenvalue weighted by molar-refractivity contribution is -0.139. The molecule has 0 aliphatic carbocycles. The van der Waals surface area contributed by atoms with Gasteiger partial charge in [0.25, 0.3) is 0 Å². The predicted octanol–water partition coefficient (Wildman–Crippen LogP) is 4.39. The van der Waals surface area contributed by atoms with Crippen molar-refractivity contribution in [2.45, 2.75) is 31.2 Å². The quantitative estimate of drug-likeness (QED) is 0.160. The van der Waals surface area contributed by atoms with Crippen LogP contribution in [0.5, 0.6) is 11.5 Å². The number of nitrogens with zero attached hydrogens (tertiary/aromatic N) is 1. The van der Waals surface area contributed by atoms with E-state index in [0.29, 0.717) is 12.8 Å². The summed E-state index contributed by atoms with van der Waals surface area (Å²) in [4.78, 5) is 0.0418. The van der Waals surface area contributed by atoms with Crippen LogP contribution in [0.3, 0.4) is 0 Å². The molecule has 0 amide bonds. The Hall–Kier alpha value is -2.61. The molecule has 2 aromatic carbocycles. The monoisotopic (exact) mass is 539 g/mol. The molecule has 0 saturated heterocycles. The van der Waals surface area contributed by atoms with Gasteiger partial charge in [-0.25, -0.2) is 5.01 Å². The average Bonchev–Trinajstić information content (AvgIpc) is 2.80. The van der Waals surface area contributed by atoms with Crippen molar-refractivity contribution in [1.29, 1.82) is 0 Å². The summed E-state index contributed by atoms with van der Waals surface area (Å²) in [6.07, 6.45) is -8.35. The lowest BCUT2D eigenvalue weighted by atomic mass is 10.1. The molecular formula is C23H27F6N3O3S. The number of halogens is 6. The zero-order valence-corrected chi connectivity index (χ0v) is 20.1. The van der Waals surface area contributed by atoms with Gasteiger partial charge in [0, 0.05) is 25.2 Å². The molecule has 2 aromatic rings. The van der Waals surface area contributed by atoms with Crippen molar-refractivity contribution >= 4 is 17.2 Å². The maximum Gasteiger partial charge on any atom is 0.419 e. The highest BCUT2D eigenvalue weighted by molar-refractivity contribution is 7.80. The second kappa shape index (κ2) is 13.1. The van der Waals surface area contributed by atoms with Gasteiger partial charge in [-0.15, -0.1) is 0 Å². The van der Waals surface area contributed by atoms with Gasteiger partial charge in [-0.1, -0.05) is 12.2 Å². The first-order chi connectivity index (χ1) is 16.8. The average molecular weight is 540 g/mol. The number of alkyl halides is 6. The maximum absolute atomic E-state index is 13.6. The third-order valence-electron chi connectivity index (χ3n) is 4.83. The van der Waals surface area contributed by atoms with Crippen LogP contribution in [0.1, 0.15) is 29.5 Å². The van der Waals surface area contributed by atoms with E-state index in [1.807, 2.05) is 0 Å². The molecule has 2 rings (SSSR count). The topological polar surface area (TPSA) is 80.0 Å². The second-order valence-corrected chi connectivity index (χ2v) is 8.31. The van der Waals surface area contributed by atoms with Crippen LogP contribution in [0.4, 0.5) is 26.3 Å². The molecule has 0 bridgehead atoms. The molecular weight excluding hydrogens is 512 g/mol. The molecule has 0 aromatic heterocycles. The minimum atomic E-state index is -4.68.